The van der Waals surface area contributed by atoms with Crippen molar-refractivity contribution >= 4 is 10.0 Å². The van der Waals surface area contributed by atoms with Crippen LogP contribution in [0.5, 0.6) is 11.5 Å². The van der Waals surface area contributed by atoms with Gasteiger partial charge in [0.15, 0.2) is 11.5 Å². The van der Waals surface area contributed by atoms with E-state index in [0.717, 1.165) is 5.56 Å². The summed E-state index contributed by atoms with van der Waals surface area (Å²) in [7, 11) is -0.739. The highest BCUT2D eigenvalue weighted by atomic mass is 32.2. The first-order valence-electron chi connectivity index (χ1n) is 7.47. The molecule has 2 atom stereocenters. The van der Waals surface area contributed by atoms with Crippen LogP contribution in [-0.4, -0.2) is 43.1 Å². The van der Waals surface area contributed by atoms with Crippen molar-refractivity contribution in [2.24, 2.45) is 0 Å². The molecular formula is C17H19NO5S. The molecule has 0 saturated carbocycles. The number of sulfonamides is 1. The van der Waals surface area contributed by atoms with Gasteiger partial charge in [-0.3, -0.25) is 0 Å². The summed E-state index contributed by atoms with van der Waals surface area (Å²) < 4.78 is 31.6. The van der Waals surface area contributed by atoms with E-state index in [1.54, 1.807) is 30.3 Å². The van der Waals surface area contributed by atoms with Gasteiger partial charge in [0.25, 0.3) is 0 Å². The number of hydrogen-bond donors (Lipinski definition) is 2. The van der Waals surface area contributed by atoms with Gasteiger partial charge >= 0.3 is 0 Å². The molecule has 6 nitrogen and oxygen atoms in total. The Hall–Kier alpha value is -2.09. The van der Waals surface area contributed by atoms with Crippen LogP contribution in [-0.2, 0) is 16.4 Å². The van der Waals surface area contributed by atoms with Crippen molar-refractivity contribution in [2.45, 2.75) is 23.5 Å². The molecule has 3 rings (SSSR count). The monoisotopic (exact) mass is 349 g/mol. The van der Waals surface area contributed by atoms with Crippen LogP contribution < -0.4 is 4.74 Å². The first kappa shape index (κ1) is 16.8. The number of likely N-dealkylation sites (N-methyl/N-ethyl adjacent to an activating group) is 1. The molecule has 0 fully saturated rings. The summed E-state index contributed by atoms with van der Waals surface area (Å²) >= 11 is 0. The van der Waals surface area contributed by atoms with Gasteiger partial charge in [0.05, 0.1) is 24.2 Å². The van der Waals surface area contributed by atoms with E-state index in [1.807, 2.05) is 0 Å². The molecule has 7 heteroatoms. The van der Waals surface area contributed by atoms with Gasteiger partial charge in [0.2, 0.25) is 10.0 Å². The maximum Gasteiger partial charge on any atom is 0.243 e. The number of nitrogens with zero attached hydrogens (tertiary/aromatic N) is 1. The molecule has 2 aromatic rings. The second-order valence-corrected chi connectivity index (χ2v) is 7.75. The third kappa shape index (κ3) is 2.64. The van der Waals surface area contributed by atoms with Crippen LogP contribution >= 0.6 is 0 Å². The summed E-state index contributed by atoms with van der Waals surface area (Å²) in [5, 5.41) is 20.4. The molecule has 1 heterocycles. The molecular weight excluding hydrogens is 330 g/mol. The van der Waals surface area contributed by atoms with Gasteiger partial charge in [0.1, 0.15) is 0 Å². The number of benzene rings is 2. The number of ether oxygens (including phenoxy) is 1. The van der Waals surface area contributed by atoms with E-state index >= 15 is 0 Å². The molecule has 1 aliphatic rings. The number of methoxy groups -OCH3 is 1. The van der Waals surface area contributed by atoms with Crippen LogP contribution in [0.25, 0.3) is 0 Å². The fraction of sp³-hybridized carbons (Fsp3) is 0.294. The average Bonchev–Trinajstić information content (AvgIpc) is 2.58. The van der Waals surface area contributed by atoms with E-state index < -0.39 is 22.2 Å². The lowest BCUT2D eigenvalue weighted by molar-refractivity contribution is 0.0891. The van der Waals surface area contributed by atoms with E-state index in [4.69, 9.17) is 4.74 Å². The van der Waals surface area contributed by atoms with Crippen molar-refractivity contribution in [3.8, 4) is 11.5 Å². The van der Waals surface area contributed by atoms with Gasteiger partial charge in [-0.15, -0.1) is 0 Å². The van der Waals surface area contributed by atoms with Gasteiger partial charge in [-0.05, 0) is 30.2 Å². The van der Waals surface area contributed by atoms with Gasteiger partial charge in [0, 0.05) is 12.6 Å². The minimum Gasteiger partial charge on any atom is -0.504 e. The summed E-state index contributed by atoms with van der Waals surface area (Å²) in [6.45, 7) is 0. The molecule has 0 aliphatic carbocycles. The largest absolute Gasteiger partial charge is 0.504 e. The van der Waals surface area contributed by atoms with Gasteiger partial charge in [-0.25, -0.2) is 8.42 Å². The Labute approximate surface area is 141 Å². The molecule has 0 amide bonds. The standard InChI is InChI=1S/C17H19NO5S/c1-18-13(9-11-7-8-14(19)15(10-11)23-2)17(20)12-5-3-4-6-16(12)24(18,21)22/h3-8,10,13,17,19-20H,9H2,1-2H3/t13-,17+/m0/s1. The van der Waals surface area contributed by atoms with Crippen LogP contribution in [0.15, 0.2) is 47.4 Å². The Balaban J connectivity index is 2.00. The molecule has 0 radical (unpaired) electrons. The number of aliphatic hydroxyl groups is 1. The zero-order valence-corrected chi connectivity index (χ0v) is 14.2. The number of fused-ring (bicyclic) bond motifs is 1. The van der Waals surface area contributed by atoms with Crippen LogP contribution in [0.1, 0.15) is 17.2 Å². The number of phenols is 1. The Morgan fingerprint density at radius 2 is 1.92 bits per heavy atom. The number of hydrogen-bond acceptors (Lipinski definition) is 5. The Bertz CT molecular complexity index is 865. The SMILES string of the molecule is COc1cc(C[C@H]2[C@H](O)c3ccccc3S(=O)(=O)N2C)ccc1O. The highest BCUT2D eigenvalue weighted by molar-refractivity contribution is 7.89. The molecule has 0 saturated heterocycles. The Morgan fingerprint density at radius 3 is 2.62 bits per heavy atom. The zero-order valence-electron chi connectivity index (χ0n) is 13.4. The molecule has 2 N–H and O–H groups in total. The van der Waals surface area contributed by atoms with Crippen LogP contribution in [0.4, 0.5) is 0 Å². The van der Waals surface area contributed by atoms with Crippen LogP contribution in [0.3, 0.4) is 0 Å². The molecule has 1 aliphatic heterocycles. The maximum absolute atomic E-state index is 12.7. The molecule has 24 heavy (non-hydrogen) atoms. The van der Waals surface area contributed by atoms with E-state index in [0.29, 0.717) is 17.7 Å². The molecule has 0 spiro atoms. The van der Waals surface area contributed by atoms with Gasteiger partial charge in [-0.1, -0.05) is 24.3 Å². The van der Waals surface area contributed by atoms with E-state index in [1.165, 1.54) is 30.6 Å². The van der Waals surface area contributed by atoms with Crippen molar-refractivity contribution in [1.82, 2.24) is 4.31 Å². The molecule has 0 bridgehead atoms. The predicted molar refractivity (Wildman–Crippen MR) is 88.5 cm³/mol. The van der Waals surface area contributed by atoms with E-state index in [-0.39, 0.29) is 10.6 Å². The minimum absolute atomic E-state index is 0.0109. The lowest BCUT2D eigenvalue weighted by Crippen LogP contribution is -2.46. The molecule has 0 aromatic heterocycles. The van der Waals surface area contributed by atoms with Crippen molar-refractivity contribution in [3.63, 3.8) is 0 Å². The fourth-order valence-electron chi connectivity index (χ4n) is 3.03. The number of aromatic hydroxyl groups is 1. The van der Waals surface area contributed by atoms with Crippen molar-refractivity contribution in [2.75, 3.05) is 14.2 Å². The van der Waals surface area contributed by atoms with Gasteiger partial charge < -0.3 is 14.9 Å². The lowest BCUT2D eigenvalue weighted by atomic mass is 9.95. The zero-order chi connectivity index (χ0) is 17.5. The number of rotatable bonds is 3. The smallest absolute Gasteiger partial charge is 0.243 e. The predicted octanol–water partition coefficient (Wildman–Crippen LogP) is 1.68. The molecule has 0 unspecified atom stereocenters. The lowest BCUT2D eigenvalue weighted by Gasteiger charge is -2.37. The number of aliphatic hydroxyl groups excluding tert-OH is 1. The highest BCUT2D eigenvalue weighted by Gasteiger charge is 2.41. The van der Waals surface area contributed by atoms with Gasteiger partial charge in [-0.2, -0.15) is 4.31 Å². The van der Waals surface area contributed by atoms with E-state index in [2.05, 4.69) is 0 Å². The summed E-state index contributed by atoms with van der Waals surface area (Å²) in [5.41, 5.74) is 1.17. The summed E-state index contributed by atoms with van der Waals surface area (Å²) in [6.07, 6.45) is -0.642. The Kier molecular flexibility index (Phi) is 4.25. The summed E-state index contributed by atoms with van der Waals surface area (Å²) in [4.78, 5) is 0.138. The quantitative estimate of drug-likeness (QED) is 0.880. The van der Waals surface area contributed by atoms with Crippen molar-refractivity contribution in [1.29, 1.82) is 0 Å². The van der Waals surface area contributed by atoms with Crippen LogP contribution in [0.2, 0.25) is 0 Å². The summed E-state index contributed by atoms with van der Waals surface area (Å²) in [6, 6.07) is 10.7. The maximum atomic E-state index is 12.7. The van der Waals surface area contributed by atoms with E-state index in [9.17, 15) is 18.6 Å². The fourth-order valence-corrected chi connectivity index (χ4v) is 4.62. The normalized spacial score (nSPS) is 22.8. The topological polar surface area (TPSA) is 87.1 Å². The van der Waals surface area contributed by atoms with Crippen molar-refractivity contribution in [3.05, 3.63) is 53.6 Å². The molecule has 128 valence electrons. The second-order valence-electron chi connectivity index (χ2n) is 5.78. The second kappa shape index (κ2) is 6.08. The molecule has 2 aromatic carbocycles. The number of phenolic OH excluding ortho intramolecular Hbond substituents is 1. The summed E-state index contributed by atoms with van der Waals surface area (Å²) in [5.74, 6) is 0.320. The third-order valence-electron chi connectivity index (χ3n) is 4.42. The first-order valence-corrected chi connectivity index (χ1v) is 8.91. The highest BCUT2D eigenvalue weighted by Crippen LogP contribution is 2.37. The average molecular weight is 349 g/mol. The first-order chi connectivity index (χ1) is 11.4. The van der Waals surface area contributed by atoms with Crippen molar-refractivity contribution < 1.29 is 23.4 Å². The third-order valence-corrected chi connectivity index (χ3v) is 6.37. The van der Waals surface area contributed by atoms with Crippen LogP contribution in [0, 0.1) is 0 Å². The Morgan fingerprint density at radius 1 is 1.21 bits per heavy atom. The minimum atomic E-state index is -3.65.